The van der Waals surface area contributed by atoms with Crippen LogP contribution in [0.5, 0.6) is 0 Å². The quantitative estimate of drug-likeness (QED) is 0.774. The van der Waals surface area contributed by atoms with Gasteiger partial charge >= 0.3 is 0 Å². The van der Waals surface area contributed by atoms with Gasteiger partial charge in [0.15, 0.2) is 6.33 Å². The van der Waals surface area contributed by atoms with Crippen LogP contribution in [0.3, 0.4) is 0 Å². The third-order valence-corrected chi connectivity index (χ3v) is 2.97. The van der Waals surface area contributed by atoms with Crippen molar-refractivity contribution in [3.8, 4) is 0 Å². The third kappa shape index (κ3) is 4.47. The Morgan fingerprint density at radius 1 is 1.30 bits per heavy atom. The molecule has 6 heteroatoms. The van der Waals surface area contributed by atoms with Gasteiger partial charge in [-0.05, 0) is 18.4 Å². The van der Waals surface area contributed by atoms with Crippen LogP contribution in [0, 0.1) is 0 Å². The summed E-state index contributed by atoms with van der Waals surface area (Å²) in [6.45, 7) is 0.445. The van der Waals surface area contributed by atoms with E-state index < -0.39 is 6.04 Å². The van der Waals surface area contributed by atoms with Crippen LogP contribution >= 0.6 is 0 Å². The van der Waals surface area contributed by atoms with Gasteiger partial charge in [-0.15, -0.1) is 0 Å². The molecule has 106 valence electrons. The van der Waals surface area contributed by atoms with E-state index in [2.05, 4.69) is 15.5 Å². The highest BCUT2D eigenvalue weighted by Gasteiger charge is 2.13. The Hall–Kier alpha value is -2.21. The van der Waals surface area contributed by atoms with E-state index in [0.717, 1.165) is 6.42 Å². The lowest BCUT2D eigenvalue weighted by atomic mass is 10.1. The van der Waals surface area contributed by atoms with Crippen LogP contribution in [0.4, 0.5) is 0 Å². The highest BCUT2D eigenvalue weighted by molar-refractivity contribution is 5.81. The van der Waals surface area contributed by atoms with Crippen molar-refractivity contribution in [3.05, 3.63) is 48.1 Å². The van der Waals surface area contributed by atoms with Crippen LogP contribution < -0.4 is 11.1 Å². The molecule has 0 saturated heterocycles. The number of rotatable bonds is 7. The minimum absolute atomic E-state index is 0.152. The Morgan fingerprint density at radius 3 is 2.80 bits per heavy atom. The number of nitrogens with two attached hydrogens (primary N) is 1. The first kappa shape index (κ1) is 14.2. The number of hydrogen-bond donors (Lipinski definition) is 2. The third-order valence-electron chi connectivity index (χ3n) is 2.97. The number of nitrogens with one attached hydrogen (secondary N) is 1. The first-order chi connectivity index (χ1) is 9.75. The molecule has 2 aromatic rings. The van der Waals surface area contributed by atoms with Crippen molar-refractivity contribution in [2.75, 3.05) is 6.54 Å². The van der Waals surface area contributed by atoms with E-state index in [1.165, 1.54) is 11.9 Å². The summed E-state index contributed by atoms with van der Waals surface area (Å²) in [6.07, 6.45) is 3.26. The summed E-state index contributed by atoms with van der Waals surface area (Å²) in [5, 5.41) is 6.26. The van der Waals surface area contributed by atoms with E-state index in [-0.39, 0.29) is 5.91 Å². The number of aryl methyl sites for hydroxylation is 1. The SMILES string of the molecule is NC(CCc1ccccc1)C(=O)NCCc1ncno1. The summed E-state index contributed by atoms with van der Waals surface area (Å²) in [4.78, 5) is 15.7. The van der Waals surface area contributed by atoms with Gasteiger partial charge in [0.25, 0.3) is 0 Å². The van der Waals surface area contributed by atoms with E-state index in [0.29, 0.717) is 25.3 Å². The highest BCUT2D eigenvalue weighted by atomic mass is 16.5. The summed E-state index contributed by atoms with van der Waals surface area (Å²) in [5.74, 6) is 0.351. The average Bonchev–Trinajstić information content (AvgIpc) is 2.99. The number of nitrogens with zero attached hydrogens (tertiary/aromatic N) is 2. The van der Waals surface area contributed by atoms with E-state index in [1.54, 1.807) is 0 Å². The van der Waals surface area contributed by atoms with Gasteiger partial charge in [0.2, 0.25) is 11.8 Å². The normalized spacial score (nSPS) is 12.1. The zero-order valence-electron chi connectivity index (χ0n) is 11.2. The summed E-state index contributed by atoms with van der Waals surface area (Å²) in [6, 6.07) is 9.47. The zero-order chi connectivity index (χ0) is 14.2. The molecule has 0 aliphatic heterocycles. The number of amides is 1. The average molecular weight is 274 g/mol. The van der Waals surface area contributed by atoms with Crippen LogP contribution in [0.25, 0.3) is 0 Å². The van der Waals surface area contributed by atoms with Crippen LogP contribution in [0.1, 0.15) is 17.9 Å². The molecule has 1 aromatic heterocycles. The molecule has 1 atom stereocenters. The van der Waals surface area contributed by atoms with Crippen molar-refractivity contribution < 1.29 is 9.32 Å². The molecule has 2 rings (SSSR count). The largest absolute Gasteiger partial charge is 0.354 e. The van der Waals surface area contributed by atoms with Gasteiger partial charge in [-0.2, -0.15) is 4.98 Å². The Labute approximate surface area is 117 Å². The Kier molecular flexibility index (Phi) is 5.25. The lowest BCUT2D eigenvalue weighted by Gasteiger charge is -2.11. The van der Waals surface area contributed by atoms with Gasteiger partial charge in [-0.3, -0.25) is 4.79 Å². The fraction of sp³-hybridized carbons (Fsp3) is 0.357. The first-order valence-electron chi connectivity index (χ1n) is 6.58. The molecule has 0 saturated carbocycles. The van der Waals surface area contributed by atoms with Crippen LogP contribution in [0.2, 0.25) is 0 Å². The molecule has 0 fully saturated rings. The van der Waals surface area contributed by atoms with Crippen molar-refractivity contribution in [2.45, 2.75) is 25.3 Å². The van der Waals surface area contributed by atoms with Gasteiger partial charge in [0.1, 0.15) is 0 Å². The molecule has 0 bridgehead atoms. The Bertz CT molecular complexity index is 513. The number of carbonyl (C=O) groups is 1. The van der Waals surface area contributed by atoms with E-state index in [1.807, 2.05) is 30.3 Å². The van der Waals surface area contributed by atoms with E-state index in [9.17, 15) is 4.79 Å². The van der Waals surface area contributed by atoms with Crippen molar-refractivity contribution >= 4 is 5.91 Å². The van der Waals surface area contributed by atoms with Gasteiger partial charge < -0.3 is 15.6 Å². The summed E-state index contributed by atoms with van der Waals surface area (Å²) < 4.78 is 4.84. The van der Waals surface area contributed by atoms with Crippen LogP contribution in [0.15, 0.2) is 41.2 Å². The molecule has 0 aliphatic carbocycles. The first-order valence-corrected chi connectivity index (χ1v) is 6.58. The lowest BCUT2D eigenvalue weighted by Crippen LogP contribution is -2.41. The monoisotopic (exact) mass is 274 g/mol. The van der Waals surface area contributed by atoms with Crippen molar-refractivity contribution in [1.29, 1.82) is 0 Å². The fourth-order valence-electron chi connectivity index (χ4n) is 1.83. The van der Waals surface area contributed by atoms with Crippen molar-refractivity contribution in [2.24, 2.45) is 5.73 Å². The maximum Gasteiger partial charge on any atom is 0.236 e. The number of benzene rings is 1. The number of carbonyl (C=O) groups excluding carboxylic acids is 1. The van der Waals surface area contributed by atoms with Gasteiger partial charge in [-0.1, -0.05) is 35.5 Å². The predicted molar refractivity (Wildman–Crippen MR) is 73.8 cm³/mol. The zero-order valence-corrected chi connectivity index (χ0v) is 11.2. The van der Waals surface area contributed by atoms with Crippen LogP contribution in [-0.2, 0) is 17.6 Å². The highest BCUT2D eigenvalue weighted by Crippen LogP contribution is 2.04. The molecule has 0 aliphatic rings. The van der Waals surface area contributed by atoms with E-state index in [4.69, 9.17) is 10.3 Å². The van der Waals surface area contributed by atoms with Gasteiger partial charge in [0, 0.05) is 13.0 Å². The molecule has 1 aromatic carbocycles. The topological polar surface area (TPSA) is 94.0 Å². The second-order valence-electron chi connectivity index (χ2n) is 4.51. The summed E-state index contributed by atoms with van der Waals surface area (Å²) in [5.41, 5.74) is 7.04. The lowest BCUT2D eigenvalue weighted by molar-refractivity contribution is -0.122. The minimum Gasteiger partial charge on any atom is -0.354 e. The summed E-state index contributed by atoms with van der Waals surface area (Å²) >= 11 is 0. The molecular formula is C14H18N4O2. The number of hydrogen-bond acceptors (Lipinski definition) is 5. The maximum atomic E-state index is 11.8. The molecule has 6 nitrogen and oxygen atoms in total. The van der Waals surface area contributed by atoms with Gasteiger partial charge in [0.05, 0.1) is 6.04 Å². The maximum absolute atomic E-state index is 11.8. The molecule has 1 heterocycles. The van der Waals surface area contributed by atoms with Crippen molar-refractivity contribution in [3.63, 3.8) is 0 Å². The molecule has 0 radical (unpaired) electrons. The molecule has 3 N–H and O–H groups in total. The fourth-order valence-corrected chi connectivity index (χ4v) is 1.83. The minimum atomic E-state index is -0.502. The molecule has 20 heavy (non-hydrogen) atoms. The van der Waals surface area contributed by atoms with Crippen LogP contribution in [-0.4, -0.2) is 28.6 Å². The molecule has 1 amide bonds. The van der Waals surface area contributed by atoms with Crippen molar-refractivity contribution in [1.82, 2.24) is 15.5 Å². The molecule has 1 unspecified atom stereocenters. The second-order valence-corrected chi connectivity index (χ2v) is 4.51. The molecule has 0 spiro atoms. The van der Waals surface area contributed by atoms with Gasteiger partial charge in [-0.25, -0.2) is 0 Å². The smallest absolute Gasteiger partial charge is 0.236 e. The molecular weight excluding hydrogens is 256 g/mol. The Balaban J connectivity index is 1.66. The summed E-state index contributed by atoms with van der Waals surface area (Å²) in [7, 11) is 0. The standard InChI is InChI=1S/C14H18N4O2/c15-12(7-6-11-4-2-1-3-5-11)14(19)16-9-8-13-17-10-18-20-13/h1-5,10,12H,6-9,15H2,(H,16,19). The van der Waals surface area contributed by atoms with E-state index >= 15 is 0 Å². The second kappa shape index (κ2) is 7.40. The predicted octanol–water partition coefficient (Wildman–Crippen LogP) is 0.688. The number of aromatic nitrogens is 2. The Morgan fingerprint density at radius 2 is 2.10 bits per heavy atom.